The van der Waals surface area contributed by atoms with Crippen molar-refractivity contribution in [3.05, 3.63) is 97.6 Å². The van der Waals surface area contributed by atoms with Crippen LogP contribution in [0.4, 0.5) is 0 Å². The Balaban J connectivity index is 2.30. The summed E-state index contributed by atoms with van der Waals surface area (Å²) in [7, 11) is 0. The SMILES string of the molecule is Cc1c(CCl)ccc(OC(C)(c2ccc(CCl)c(C)c2C)c2ccc(CCl)c(C)c2C)c1C. The molecule has 0 amide bonds. The summed E-state index contributed by atoms with van der Waals surface area (Å²) >= 11 is 18.6. The first kappa shape index (κ1) is 25.9. The Morgan fingerprint density at radius 3 is 1.30 bits per heavy atom. The first-order chi connectivity index (χ1) is 15.6. The van der Waals surface area contributed by atoms with Gasteiger partial charge in [0.25, 0.3) is 0 Å². The summed E-state index contributed by atoms with van der Waals surface area (Å²) in [5.41, 5.74) is 12.0. The molecule has 0 aromatic heterocycles. The Morgan fingerprint density at radius 1 is 0.545 bits per heavy atom. The molecule has 33 heavy (non-hydrogen) atoms. The molecule has 3 aromatic rings. The molecule has 4 heteroatoms. The Hall–Kier alpha value is -1.67. The van der Waals surface area contributed by atoms with Crippen LogP contribution in [0, 0.1) is 41.5 Å². The molecule has 3 aromatic carbocycles. The minimum Gasteiger partial charge on any atom is -0.478 e. The van der Waals surface area contributed by atoms with Crippen LogP contribution >= 0.6 is 34.8 Å². The number of alkyl halides is 3. The van der Waals surface area contributed by atoms with Gasteiger partial charge in [0.2, 0.25) is 0 Å². The van der Waals surface area contributed by atoms with E-state index in [0.29, 0.717) is 17.6 Å². The summed E-state index contributed by atoms with van der Waals surface area (Å²) in [6.45, 7) is 15.0. The van der Waals surface area contributed by atoms with Crippen molar-refractivity contribution in [2.75, 3.05) is 0 Å². The smallest absolute Gasteiger partial charge is 0.157 e. The maximum Gasteiger partial charge on any atom is 0.157 e. The molecule has 176 valence electrons. The molecule has 0 radical (unpaired) electrons. The van der Waals surface area contributed by atoms with Crippen molar-refractivity contribution in [2.24, 2.45) is 0 Å². The number of rotatable bonds is 7. The Kier molecular flexibility index (Phi) is 8.10. The fourth-order valence-corrected chi connectivity index (χ4v) is 5.53. The van der Waals surface area contributed by atoms with Crippen molar-refractivity contribution in [3.63, 3.8) is 0 Å². The minimum absolute atomic E-state index is 0.487. The van der Waals surface area contributed by atoms with Crippen LogP contribution < -0.4 is 4.74 Å². The molecular weight excluding hydrogens is 471 g/mol. The molecular formula is C29H33Cl3O. The predicted molar refractivity (Wildman–Crippen MR) is 144 cm³/mol. The van der Waals surface area contributed by atoms with Crippen molar-refractivity contribution in [1.29, 1.82) is 0 Å². The highest BCUT2D eigenvalue weighted by atomic mass is 35.5. The lowest BCUT2D eigenvalue weighted by Gasteiger charge is -2.36. The van der Waals surface area contributed by atoms with Gasteiger partial charge in [-0.05, 0) is 105 Å². The molecule has 0 aliphatic rings. The second-order valence-electron chi connectivity index (χ2n) is 9.05. The standard InChI is InChI=1S/C29H33Cl3O/c1-17-20(4)26(11-8-23(17)14-30)29(7,27-12-9-24(15-31)18(2)21(27)5)33-28-13-10-25(16-32)19(3)22(28)6/h8-13H,14-16H2,1-7H3. The largest absolute Gasteiger partial charge is 0.478 e. The van der Waals surface area contributed by atoms with Crippen LogP contribution in [0.3, 0.4) is 0 Å². The molecule has 1 nitrogen and oxygen atoms in total. The molecule has 0 spiro atoms. The maximum atomic E-state index is 6.99. The van der Waals surface area contributed by atoms with E-state index >= 15 is 0 Å². The first-order valence-corrected chi connectivity index (χ1v) is 12.9. The van der Waals surface area contributed by atoms with Gasteiger partial charge in [-0.15, -0.1) is 34.8 Å². The fraction of sp³-hybridized carbons (Fsp3) is 0.379. The molecule has 0 atom stereocenters. The molecule has 0 aliphatic heterocycles. The van der Waals surface area contributed by atoms with Crippen molar-refractivity contribution < 1.29 is 4.74 Å². The number of ether oxygens (including phenoxy) is 1. The average molecular weight is 504 g/mol. The molecule has 0 saturated carbocycles. The lowest BCUT2D eigenvalue weighted by Crippen LogP contribution is -2.34. The van der Waals surface area contributed by atoms with Gasteiger partial charge in [0, 0.05) is 28.8 Å². The van der Waals surface area contributed by atoms with Crippen LogP contribution in [-0.4, -0.2) is 0 Å². The number of benzene rings is 3. The van der Waals surface area contributed by atoms with Gasteiger partial charge >= 0.3 is 0 Å². The Bertz CT molecular complexity index is 1120. The zero-order chi connectivity index (χ0) is 24.5. The van der Waals surface area contributed by atoms with Crippen LogP contribution in [0.15, 0.2) is 36.4 Å². The van der Waals surface area contributed by atoms with E-state index < -0.39 is 5.60 Å². The normalized spacial score (nSPS) is 11.7. The zero-order valence-corrected chi connectivity index (χ0v) is 22.9. The summed E-state index contributed by atoms with van der Waals surface area (Å²) in [6.07, 6.45) is 0. The molecule has 0 bridgehead atoms. The van der Waals surface area contributed by atoms with Crippen molar-refractivity contribution in [2.45, 2.75) is 71.7 Å². The van der Waals surface area contributed by atoms with Crippen LogP contribution in [0.2, 0.25) is 0 Å². The van der Waals surface area contributed by atoms with E-state index in [4.69, 9.17) is 39.5 Å². The van der Waals surface area contributed by atoms with E-state index in [2.05, 4.69) is 78.8 Å². The lowest BCUT2D eigenvalue weighted by molar-refractivity contribution is 0.129. The van der Waals surface area contributed by atoms with Gasteiger partial charge in [-0.2, -0.15) is 0 Å². The van der Waals surface area contributed by atoms with Crippen LogP contribution in [-0.2, 0) is 23.2 Å². The third-order valence-electron chi connectivity index (χ3n) is 7.42. The Labute approximate surface area is 214 Å². The first-order valence-electron chi connectivity index (χ1n) is 11.3. The lowest BCUT2D eigenvalue weighted by atomic mass is 9.79. The van der Waals surface area contributed by atoms with E-state index in [-0.39, 0.29) is 0 Å². The van der Waals surface area contributed by atoms with Crippen LogP contribution in [0.25, 0.3) is 0 Å². The van der Waals surface area contributed by atoms with E-state index in [0.717, 1.165) is 39.1 Å². The summed E-state index contributed by atoms with van der Waals surface area (Å²) in [6, 6.07) is 12.7. The van der Waals surface area contributed by atoms with E-state index in [1.54, 1.807) is 0 Å². The monoisotopic (exact) mass is 502 g/mol. The number of hydrogen-bond donors (Lipinski definition) is 0. The topological polar surface area (TPSA) is 9.23 Å². The molecule has 0 unspecified atom stereocenters. The van der Waals surface area contributed by atoms with E-state index in [1.807, 2.05) is 6.07 Å². The zero-order valence-electron chi connectivity index (χ0n) is 20.6. The van der Waals surface area contributed by atoms with Gasteiger partial charge in [0.15, 0.2) is 5.60 Å². The molecule has 0 N–H and O–H groups in total. The number of halogens is 3. The quantitative estimate of drug-likeness (QED) is 0.292. The maximum absolute atomic E-state index is 6.99. The van der Waals surface area contributed by atoms with Crippen LogP contribution in [0.1, 0.15) is 68.1 Å². The van der Waals surface area contributed by atoms with Crippen LogP contribution in [0.5, 0.6) is 5.75 Å². The average Bonchev–Trinajstić information content (AvgIpc) is 2.80. The second-order valence-corrected chi connectivity index (χ2v) is 9.86. The number of hydrogen-bond acceptors (Lipinski definition) is 1. The predicted octanol–water partition coefficient (Wildman–Crippen LogP) is 9.10. The third-order valence-corrected chi connectivity index (χ3v) is 8.29. The third kappa shape index (κ3) is 4.65. The van der Waals surface area contributed by atoms with E-state index in [1.165, 1.54) is 27.8 Å². The van der Waals surface area contributed by atoms with Gasteiger partial charge in [-0.25, -0.2) is 0 Å². The van der Waals surface area contributed by atoms with Crippen molar-refractivity contribution in [3.8, 4) is 5.75 Å². The highest BCUT2D eigenvalue weighted by Gasteiger charge is 2.36. The van der Waals surface area contributed by atoms with Gasteiger partial charge in [0.1, 0.15) is 5.75 Å². The highest BCUT2D eigenvalue weighted by Crippen LogP contribution is 2.42. The molecule has 0 saturated heterocycles. The summed E-state index contributed by atoms with van der Waals surface area (Å²) in [5.74, 6) is 2.33. The molecule has 3 rings (SSSR count). The van der Waals surface area contributed by atoms with Crippen molar-refractivity contribution >= 4 is 34.8 Å². The van der Waals surface area contributed by atoms with Crippen molar-refractivity contribution in [1.82, 2.24) is 0 Å². The Morgan fingerprint density at radius 2 is 0.909 bits per heavy atom. The summed E-state index contributed by atoms with van der Waals surface area (Å²) in [5, 5.41) is 0. The molecule has 0 heterocycles. The minimum atomic E-state index is -0.709. The summed E-state index contributed by atoms with van der Waals surface area (Å²) < 4.78 is 6.99. The van der Waals surface area contributed by atoms with Gasteiger partial charge in [-0.3, -0.25) is 0 Å². The second kappa shape index (κ2) is 10.3. The highest BCUT2D eigenvalue weighted by molar-refractivity contribution is 6.17. The molecule has 0 fully saturated rings. The summed E-state index contributed by atoms with van der Waals surface area (Å²) in [4.78, 5) is 0. The fourth-order valence-electron chi connectivity index (χ4n) is 4.66. The van der Waals surface area contributed by atoms with Gasteiger partial charge < -0.3 is 4.74 Å². The van der Waals surface area contributed by atoms with Gasteiger partial charge in [0.05, 0.1) is 0 Å². The van der Waals surface area contributed by atoms with Gasteiger partial charge in [-0.1, -0.05) is 30.3 Å². The van der Waals surface area contributed by atoms with E-state index in [9.17, 15) is 0 Å². The molecule has 0 aliphatic carbocycles.